The third kappa shape index (κ3) is 3.55. The first-order chi connectivity index (χ1) is 12.7. The second kappa shape index (κ2) is 6.93. The first kappa shape index (κ1) is 16.2. The van der Waals surface area contributed by atoms with Gasteiger partial charge in [0.05, 0.1) is 5.56 Å². The van der Waals surface area contributed by atoms with Crippen molar-refractivity contribution in [1.29, 1.82) is 0 Å². The predicted molar refractivity (Wildman–Crippen MR) is 99.5 cm³/mol. The van der Waals surface area contributed by atoms with Gasteiger partial charge in [0.2, 0.25) is 6.79 Å². The Labute approximate surface area is 154 Å². The van der Waals surface area contributed by atoms with Crippen LogP contribution in [0.5, 0.6) is 11.5 Å². The number of amides is 1. The van der Waals surface area contributed by atoms with Crippen LogP contribution in [-0.4, -0.2) is 17.7 Å². The molecule has 0 saturated heterocycles. The lowest BCUT2D eigenvalue weighted by atomic mass is 10.2. The SMILES string of the molecule is O=C(Nc1cccc(Cl)c1)c1ccc(Nc2ccc3c(c2)OCO3)nc1. The highest BCUT2D eigenvalue weighted by atomic mass is 35.5. The maximum atomic E-state index is 12.3. The highest BCUT2D eigenvalue weighted by Crippen LogP contribution is 2.34. The molecule has 2 N–H and O–H groups in total. The number of carbonyl (C=O) groups excluding carboxylic acids is 1. The van der Waals surface area contributed by atoms with Crippen molar-refractivity contribution in [2.24, 2.45) is 0 Å². The van der Waals surface area contributed by atoms with E-state index in [4.69, 9.17) is 21.1 Å². The number of rotatable bonds is 4. The zero-order chi connectivity index (χ0) is 17.9. The van der Waals surface area contributed by atoms with E-state index in [0.717, 1.165) is 11.4 Å². The maximum Gasteiger partial charge on any atom is 0.257 e. The molecule has 0 saturated carbocycles. The van der Waals surface area contributed by atoms with Gasteiger partial charge in [-0.3, -0.25) is 4.79 Å². The fourth-order valence-electron chi connectivity index (χ4n) is 2.49. The van der Waals surface area contributed by atoms with Crippen LogP contribution in [0.1, 0.15) is 10.4 Å². The van der Waals surface area contributed by atoms with Gasteiger partial charge in [-0.1, -0.05) is 17.7 Å². The van der Waals surface area contributed by atoms with E-state index in [2.05, 4.69) is 15.6 Å². The number of hydrogen-bond donors (Lipinski definition) is 2. The topological polar surface area (TPSA) is 72.5 Å². The summed E-state index contributed by atoms with van der Waals surface area (Å²) in [5.74, 6) is 1.77. The maximum absolute atomic E-state index is 12.3. The van der Waals surface area contributed by atoms with Crippen molar-refractivity contribution in [2.75, 3.05) is 17.4 Å². The molecular weight excluding hydrogens is 354 g/mol. The fourth-order valence-corrected chi connectivity index (χ4v) is 2.68. The van der Waals surface area contributed by atoms with E-state index in [-0.39, 0.29) is 12.7 Å². The zero-order valence-electron chi connectivity index (χ0n) is 13.5. The van der Waals surface area contributed by atoms with E-state index >= 15 is 0 Å². The first-order valence-electron chi connectivity index (χ1n) is 7.87. The van der Waals surface area contributed by atoms with Crippen molar-refractivity contribution in [3.05, 3.63) is 71.4 Å². The van der Waals surface area contributed by atoms with Gasteiger partial charge in [0.15, 0.2) is 11.5 Å². The van der Waals surface area contributed by atoms with E-state index in [1.807, 2.05) is 18.2 Å². The van der Waals surface area contributed by atoms with E-state index in [1.54, 1.807) is 36.4 Å². The lowest BCUT2D eigenvalue weighted by Crippen LogP contribution is -2.12. The first-order valence-corrected chi connectivity index (χ1v) is 8.25. The number of hydrogen-bond acceptors (Lipinski definition) is 5. The van der Waals surface area contributed by atoms with Crippen LogP contribution in [0.15, 0.2) is 60.8 Å². The Kier molecular flexibility index (Phi) is 4.33. The molecule has 1 aliphatic rings. The number of halogens is 1. The molecule has 0 atom stereocenters. The zero-order valence-corrected chi connectivity index (χ0v) is 14.3. The minimum Gasteiger partial charge on any atom is -0.454 e. The normalized spacial score (nSPS) is 11.9. The summed E-state index contributed by atoms with van der Waals surface area (Å²) in [6, 6.07) is 15.9. The van der Waals surface area contributed by atoms with Crippen LogP contribution in [0, 0.1) is 0 Å². The molecular formula is C19H14ClN3O3. The molecule has 1 amide bonds. The largest absolute Gasteiger partial charge is 0.454 e. The number of ether oxygens (including phenoxy) is 2. The van der Waals surface area contributed by atoms with Gasteiger partial charge in [-0.05, 0) is 42.5 Å². The lowest BCUT2D eigenvalue weighted by Gasteiger charge is -2.08. The second-order valence-corrected chi connectivity index (χ2v) is 6.03. The summed E-state index contributed by atoms with van der Waals surface area (Å²) in [6.07, 6.45) is 1.51. The molecule has 6 nitrogen and oxygen atoms in total. The van der Waals surface area contributed by atoms with Gasteiger partial charge in [0, 0.05) is 28.7 Å². The summed E-state index contributed by atoms with van der Waals surface area (Å²) in [5, 5.41) is 6.50. The van der Waals surface area contributed by atoms with Gasteiger partial charge in [-0.15, -0.1) is 0 Å². The van der Waals surface area contributed by atoms with Crippen LogP contribution < -0.4 is 20.1 Å². The van der Waals surface area contributed by atoms with E-state index in [9.17, 15) is 4.79 Å². The van der Waals surface area contributed by atoms with Crippen molar-refractivity contribution in [3.8, 4) is 11.5 Å². The van der Waals surface area contributed by atoms with Crippen molar-refractivity contribution >= 4 is 34.7 Å². The average Bonchev–Trinajstić information content (AvgIpc) is 3.10. The third-order valence-electron chi connectivity index (χ3n) is 3.75. The molecule has 1 aliphatic heterocycles. The van der Waals surface area contributed by atoms with Gasteiger partial charge < -0.3 is 20.1 Å². The van der Waals surface area contributed by atoms with Gasteiger partial charge in [-0.25, -0.2) is 4.98 Å². The molecule has 2 heterocycles. The van der Waals surface area contributed by atoms with Crippen LogP contribution in [0.25, 0.3) is 0 Å². The highest BCUT2D eigenvalue weighted by Gasteiger charge is 2.13. The summed E-state index contributed by atoms with van der Waals surface area (Å²) in [4.78, 5) is 16.6. The number of anilines is 3. The smallest absolute Gasteiger partial charge is 0.257 e. The molecule has 4 rings (SSSR count). The van der Waals surface area contributed by atoms with Gasteiger partial charge in [0.1, 0.15) is 5.82 Å². The Hall–Kier alpha value is -3.25. The molecule has 2 aromatic carbocycles. The molecule has 3 aromatic rings. The minimum absolute atomic E-state index is 0.230. The minimum atomic E-state index is -0.255. The Morgan fingerprint density at radius 2 is 1.88 bits per heavy atom. The molecule has 26 heavy (non-hydrogen) atoms. The van der Waals surface area contributed by atoms with Crippen LogP contribution in [0.4, 0.5) is 17.2 Å². The van der Waals surface area contributed by atoms with Crippen LogP contribution >= 0.6 is 11.6 Å². The molecule has 7 heteroatoms. The average molecular weight is 368 g/mol. The van der Waals surface area contributed by atoms with Crippen LogP contribution in [-0.2, 0) is 0 Å². The number of benzene rings is 2. The number of aromatic nitrogens is 1. The fraction of sp³-hybridized carbons (Fsp3) is 0.0526. The standard InChI is InChI=1S/C19H14ClN3O3/c20-13-2-1-3-14(8-13)23-19(24)12-4-7-18(21-10-12)22-15-5-6-16-17(9-15)26-11-25-16/h1-10H,11H2,(H,21,22)(H,23,24). The summed E-state index contributed by atoms with van der Waals surface area (Å²) in [5.41, 5.74) is 1.89. The molecule has 130 valence electrons. The Morgan fingerprint density at radius 1 is 1.00 bits per heavy atom. The Bertz CT molecular complexity index is 960. The molecule has 0 radical (unpaired) electrons. The van der Waals surface area contributed by atoms with Gasteiger partial charge >= 0.3 is 0 Å². The number of nitrogens with one attached hydrogen (secondary N) is 2. The van der Waals surface area contributed by atoms with Crippen molar-refractivity contribution in [1.82, 2.24) is 4.98 Å². The molecule has 0 aliphatic carbocycles. The lowest BCUT2D eigenvalue weighted by molar-refractivity contribution is 0.102. The van der Waals surface area contributed by atoms with E-state index in [0.29, 0.717) is 27.8 Å². The number of pyridine rings is 1. The molecule has 0 spiro atoms. The highest BCUT2D eigenvalue weighted by molar-refractivity contribution is 6.30. The van der Waals surface area contributed by atoms with Crippen molar-refractivity contribution in [2.45, 2.75) is 0 Å². The molecule has 0 bridgehead atoms. The van der Waals surface area contributed by atoms with Crippen LogP contribution in [0.3, 0.4) is 0 Å². The molecule has 0 fully saturated rings. The molecule has 0 unspecified atom stereocenters. The molecule has 1 aromatic heterocycles. The van der Waals surface area contributed by atoms with Crippen molar-refractivity contribution in [3.63, 3.8) is 0 Å². The number of fused-ring (bicyclic) bond motifs is 1. The summed E-state index contributed by atoms with van der Waals surface area (Å²) >= 11 is 5.92. The van der Waals surface area contributed by atoms with E-state index < -0.39 is 0 Å². The van der Waals surface area contributed by atoms with E-state index in [1.165, 1.54) is 6.20 Å². The second-order valence-electron chi connectivity index (χ2n) is 5.59. The van der Waals surface area contributed by atoms with Gasteiger partial charge in [0.25, 0.3) is 5.91 Å². The third-order valence-corrected chi connectivity index (χ3v) is 3.99. The van der Waals surface area contributed by atoms with Crippen molar-refractivity contribution < 1.29 is 14.3 Å². The quantitative estimate of drug-likeness (QED) is 0.712. The van der Waals surface area contributed by atoms with Crippen LogP contribution in [0.2, 0.25) is 5.02 Å². The summed E-state index contributed by atoms with van der Waals surface area (Å²) in [7, 11) is 0. The monoisotopic (exact) mass is 367 g/mol. The number of carbonyl (C=O) groups is 1. The Balaban J connectivity index is 1.44. The summed E-state index contributed by atoms with van der Waals surface area (Å²) in [6.45, 7) is 0.230. The number of nitrogens with zero attached hydrogens (tertiary/aromatic N) is 1. The summed E-state index contributed by atoms with van der Waals surface area (Å²) < 4.78 is 10.6. The predicted octanol–water partition coefficient (Wildman–Crippen LogP) is 4.46. The Morgan fingerprint density at radius 3 is 2.69 bits per heavy atom. The van der Waals surface area contributed by atoms with Gasteiger partial charge in [-0.2, -0.15) is 0 Å².